The molecule has 1 fully saturated rings. The van der Waals surface area contributed by atoms with Gasteiger partial charge in [0.25, 0.3) is 5.91 Å². The summed E-state index contributed by atoms with van der Waals surface area (Å²) in [6.45, 7) is -0.0258. The van der Waals surface area contributed by atoms with E-state index in [9.17, 15) is 14.4 Å². The van der Waals surface area contributed by atoms with Crippen LogP contribution in [-0.4, -0.2) is 42.8 Å². The number of hydrogen-bond acceptors (Lipinski definition) is 4. The Labute approximate surface area is 115 Å². The zero-order chi connectivity index (χ0) is 14.0. The number of ether oxygens (including phenoxy) is 1. The number of carbonyl (C=O) groups excluding carboxylic acids is 3. The van der Waals surface area contributed by atoms with Crippen molar-refractivity contribution in [3.63, 3.8) is 0 Å². The van der Waals surface area contributed by atoms with Crippen LogP contribution in [0, 0.1) is 5.92 Å². The van der Waals surface area contributed by atoms with Crippen molar-refractivity contribution in [2.24, 2.45) is 5.92 Å². The molecular weight excluding hydrogens is 270 g/mol. The van der Waals surface area contributed by atoms with Crippen LogP contribution in [0.1, 0.15) is 10.4 Å². The number of ketones is 1. The number of halogens is 1. The van der Waals surface area contributed by atoms with Crippen LogP contribution < -0.4 is 0 Å². The first-order chi connectivity index (χ1) is 9.02. The number of nitrogens with zero attached hydrogens (tertiary/aromatic N) is 1. The summed E-state index contributed by atoms with van der Waals surface area (Å²) in [5, 5.41) is 0.445. The standard InChI is InChI=1S/C13H12ClNO4/c1-19-13(18)10-6-15(7-11(10)16)12(17)8-3-2-4-9(14)5-8/h2-5,10H,6-7H2,1H3. The molecule has 0 spiro atoms. The van der Waals surface area contributed by atoms with Crippen LogP contribution in [0.15, 0.2) is 24.3 Å². The molecule has 1 heterocycles. The lowest BCUT2D eigenvalue weighted by Gasteiger charge is -2.15. The number of hydrogen-bond donors (Lipinski definition) is 0. The van der Waals surface area contributed by atoms with Gasteiger partial charge in [-0.25, -0.2) is 0 Å². The molecule has 1 amide bonds. The molecule has 0 N–H and O–H groups in total. The fourth-order valence-corrected chi connectivity index (χ4v) is 2.18. The molecule has 5 nitrogen and oxygen atoms in total. The topological polar surface area (TPSA) is 63.7 Å². The maximum absolute atomic E-state index is 12.2. The van der Waals surface area contributed by atoms with Crippen LogP contribution in [0.25, 0.3) is 0 Å². The predicted molar refractivity (Wildman–Crippen MR) is 67.9 cm³/mol. The Morgan fingerprint density at radius 1 is 1.42 bits per heavy atom. The normalized spacial score (nSPS) is 18.5. The molecule has 1 aromatic carbocycles. The number of Topliss-reactive ketones (excluding diaryl/α,β-unsaturated/α-hetero) is 1. The maximum atomic E-state index is 12.2. The van der Waals surface area contributed by atoms with Crippen LogP contribution in [0.4, 0.5) is 0 Å². The van der Waals surface area contributed by atoms with Crippen molar-refractivity contribution in [3.8, 4) is 0 Å². The Morgan fingerprint density at radius 2 is 2.16 bits per heavy atom. The van der Waals surface area contributed by atoms with Gasteiger partial charge in [0.1, 0.15) is 5.92 Å². The lowest BCUT2D eigenvalue weighted by molar-refractivity contribution is -0.147. The highest BCUT2D eigenvalue weighted by Gasteiger charge is 2.39. The van der Waals surface area contributed by atoms with Crippen molar-refractivity contribution in [1.29, 1.82) is 0 Å². The van der Waals surface area contributed by atoms with Gasteiger partial charge in [-0.3, -0.25) is 14.4 Å². The third-order valence-electron chi connectivity index (χ3n) is 2.98. The summed E-state index contributed by atoms with van der Waals surface area (Å²) in [5.74, 6) is -2.11. The molecule has 0 aromatic heterocycles. The van der Waals surface area contributed by atoms with Crippen LogP contribution in [0.5, 0.6) is 0 Å². The summed E-state index contributed by atoms with van der Waals surface area (Å²) in [6, 6.07) is 6.46. The molecule has 100 valence electrons. The Bertz CT molecular complexity index is 543. The Morgan fingerprint density at radius 3 is 2.79 bits per heavy atom. The van der Waals surface area contributed by atoms with E-state index in [1.807, 2.05) is 0 Å². The number of rotatable bonds is 2. The molecule has 0 bridgehead atoms. The van der Waals surface area contributed by atoms with Gasteiger partial charge in [-0.2, -0.15) is 0 Å². The van der Waals surface area contributed by atoms with E-state index >= 15 is 0 Å². The highest BCUT2D eigenvalue weighted by atomic mass is 35.5. The molecule has 1 unspecified atom stereocenters. The molecule has 0 saturated carbocycles. The van der Waals surface area contributed by atoms with Gasteiger partial charge in [0.2, 0.25) is 0 Å². The number of amides is 1. The van der Waals surface area contributed by atoms with Crippen molar-refractivity contribution in [2.75, 3.05) is 20.2 Å². The largest absolute Gasteiger partial charge is 0.468 e. The molecule has 2 rings (SSSR count). The van der Waals surface area contributed by atoms with Gasteiger partial charge in [0.15, 0.2) is 5.78 Å². The molecule has 1 saturated heterocycles. The SMILES string of the molecule is COC(=O)C1CN(C(=O)c2cccc(Cl)c2)CC1=O. The molecule has 1 aromatic rings. The lowest BCUT2D eigenvalue weighted by atomic mass is 10.1. The van der Waals surface area contributed by atoms with Gasteiger partial charge >= 0.3 is 5.97 Å². The van der Waals surface area contributed by atoms with Crippen molar-refractivity contribution in [3.05, 3.63) is 34.9 Å². The monoisotopic (exact) mass is 281 g/mol. The second-order valence-corrected chi connectivity index (χ2v) is 4.67. The molecule has 1 atom stereocenters. The molecule has 19 heavy (non-hydrogen) atoms. The summed E-state index contributed by atoms with van der Waals surface area (Å²) in [4.78, 5) is 36.5. The summed E-state index contributed by atoms with van der Waals surface area (Å²) in [6.07, 6.45) is 0. The zero-order valence-electron chi connectivity index (χ0n) is 10.3. The minimum atomic E-state index is -0.881. The van der Waals surface area contributed by atoms with E-state index in [2.05, 4.69) is 4.74 Å². The predicted octanol–water partition coefficient (Wildman–Crippen LogP) is 1.15. The third-order valence-corrected chi connectivity index (χ3v) is 3.22. The van der Waals surface area contributed by atoms with Crippen molar-refractivity contribution >= 4 is 29.3 Å². The van der Waals surface area contributed by atoms with Crippen LogP contribution in [0.3, 0.4) is 0 Å². The summed E-state index contributed by atoms with van der Waals surface area (Å²) < 4.78 is 4.54. The summed E-state index contributed by atoms with van der Waals surface area (Å²) >= 11 is 5.81. The maximum Gasteiger partial charge on any atom is 0.318 e. The first-order valence-corrected chi connectivity index (χ1v) is 6.06. The third kappa shape index (κ3) is 2.76. The smallest absolute Gasteiger partial charge is 0.318 e. The molecular formula is C13H12ClNO4. The second kappa shape index (κ2) is 5.40. The average molecular weight is 282 g/mol. The molecule has 0 aliphatic carbocycles. The fraction of sp³-hybridized carbons (Fsp3) is 0.308. The Balaban J connectivity index is 2.14. The van der Waals surface area contributed by atoms with Gasteiger partial charge in [0, 0.05) is 17.1 Å². The number of benzene rings is 1. The number of esters is 1. The lowest BCUT2D eigenvalue weighted by Crippen LogP contribution is -2.30. The van der Waals surface area contributed by atoms with Crippen LogP contribution in [0.2, 0.25) is 5.02 Å². The van der Waals surface area contributed by atoms with Gasteiger partial charge in [-0.1, -0.05) is 17.7 Å². The van der Waals surface area contributed by atoms with Crippen LogP contribution in [-0.2, 0) is 14.3 Å². The van der Waals surface area contributed by atoms with Crippen LogP contribution >= 0.6 is 11.6 Å². The Hall–Kier alpha value is -1.88. The fourth-order valence-electron chi connectivity index (χ4n) is 1.99. The van der Waals surface area contributed by atoms with E-state index in [1.165, 1.54) is 18.1 Å². The number of carbonyl (C=O) groups is 3. The zero-order valence-corrected chi connectivity index (χ0v) is 11.0. The summed E-state index contributed by atoms with van der Waals surface area (Å²) in [7, 11) is 1.22. The minimum absolute atomic E-state index is 0.0524. The van der Waals surface area contributed by atoms with E-state index in [-0.39, 0.29) is 24.8 Å². The van der Waals surface area contributed by atoms with Gasteiger partial charge < -0.3 is 9.64 Å². The minimum Gasteiger partial charge on any atom is -0.468 e. The quantitative estimate of drug-likeness (QED) is 0.603. The van der Waals surface area contributed by atoms with Gasteiger partial charge in [0.05, 0.1) is 13.7 Å². The van der Waals surface area contributed by atoms with Crippen molar-refractivity contribution < 1.29 is 19.1 Å². The first-order valence-electron chi connectivity index (χ1n) is 5.68. The molecule has 0 radical (unpaired) electrons. The van der Waals surface area contributed by atoms with E-state index in [1.54, 1.807) is 18.2 Å². The summed E-state index contributed by atoms with van der Waals surface area (Å²) in [5.41, 5.74) is 0.394. The van der Waals surface area contributed by atoms with E-state index in [0.29, 0.717) is 10.6 Å². The van der Waals surface area contributed by atoms with E-state index < -0.39 is 11.9 Å². The van der Waals surface area contributed by atoms with E-state index in [4.69, 9.17) is 11.6 Å². The van der Waals surface area contributed by atoms with E-state index in [0.717, 1.165) is 0 Å². The molecule has 1 aliphatic heterocycles. The van der Waals surface area contributed by atoms with Gasteiger partial charge in [-0.15, -0.1) is 0 Å². The second-order valence-electron chi connectivity index (χ2n) is 4.24. The molecule has 1 aliphatic rings. The Kier molecular flexibility index (Phi) is 3.85. The number of methoxy groups -OCH3 is 1. The highest BCUT2D eigenvalue weighted by Crippen LogP contribution is 2.19. The van der Waals surface area contributed by atoms with Crippen molar-refractivity contribution in [2.45, 2.75) is 0 Å². The highest BCUT2D eigenvalue weighted by molar-refractivity contribution is 6.31. The number of likely N-dealkylation sites (tertiary alicyclic amines) is 1. The van der Waals surface area contributed by atoms with Gasteiger partial charge in [-0.05, 0) is 18.2 Å². The van der Waals surface area contributed by atoms with Crippen molar-refractivity contribution in [1.82, 2.24) is 4.90 Å². The average Bonchev–Trinajstić information content (AvgIpc) is 2.79. The molecule has 6 heteroatoms. The first kappa shape index (κ1) is 13.5.